The second-order valence-electron chi connectivity index (χ2n) is 4.72. The zero-order valence-electron chi connectivity index (χ0n) is 11.9. The van der Waals surface area contributed by atoms with Gasteiger partial charge in [-0.3, -0.25) is 14.5 Å². The number of likely N-dealkylation sites (N-methyl/N-ethyl adjacent to an activating group) is 1. The number of amides is 1. The predicted octanol–water partition coefficient (Wildman–Crippen LogP) is 1.29. The molecule has 110 valence electrons. The average molecular weight is 280 g/mol. The fraction of sp³-hybridized carbons (Fsp3) is 0.429. The predicted molar refractivity (Wildman–Crippen MR) is 75.9 cm³/mol. The van der Waals surface area contributed by atoms with E-state index in [0.717, 1.165) is 0 Å². The van der Waals surface area contributed by atoms with Crippen molar-refractivity contribution < 1.29 is 19.4 Å². The van der Waals surface area contributed by atoms with Crippen LogP contribution >= 0.6 is 0 Å². The molecule has 0 aliphatic rings. The van der Waals surface area contributed by atoms with Crippen molar-refractivity contribution in [2.45, 2.75) is 6.92 Å². The third-order valence-electron chi connectivity index (χ3n) is 2.77. The summed E-state index contributed by atoms with van der Waals surface area (Å²) < 4.78 is 5.07. The Morgan fingerprint density at radius 3 is 2.75 bits per heavy atom. The minimum Gasteiger partial charge on any atom is -0.497 e. The minimum absolute atomic E-state index is 0.134. The molecule has 1 unspecified atom stereocenters. The summed E-state index contributed by atoms with van der Waals surface area (Å²) in [4.78, 5) is 24.2. The van der Waals surface area contributed by atoms with E-state index in [0.29, 0.717) is 18.0 Å². The Kier molecular flexibility index (Phi) is 5.99. The van der Waals surface area contributed by atoms with Crippen molar-refractivity contribution in [3.05, 3.63) is 24.3 Å². The lowest BCUT2D eigenvalue weighted by Crippen LogP contribution is -2.35. The normalized spacial score (nSPS) is 12.0. The van der Waals surface area contributed by atoms with Gasteiger partial charge in [-0.1, -0.05) is 13.0 Å². The molecule has 6 heteroatoms. The van der Waals surface area contributed by atoms with E-state index in [1.165, 1.54) is 0 Å². The van der Waals surface area contributed by atoms with E-state index in [-0.39, 0.29) is 12.5 Å². The van der Waals surface area contributed by atoms with Crippen LogP contribution < -0.4 is 10.1 Å². The monoisotopic (exact) mass is 280 g/mol. The molecule has 0 saturated carbocycles. The van der Waals surface area contributed by atoms with Gasteiger partial charge in [0, 0.05) is 18.3 Å². The number of methoxy groups -OCH3 is 1. The second kappa shape index (κ2) is 7.49. The smallest absolute Gasteiger partial charge is 0.307 e. The molecular weight excluding hydrogens is 260 g/mol. The standard InChI is InChI=1S/C14H20N2O4/c1-10(14(18)19)8-16(2)9-13(17)15-11-5-4-6-12(7-11)20-3/h4-7,10H,8-9H2,1-3H3,(H,15,17)(H,18,19). The number of carboxylic acids is 1. The number of anilines is 1. The van der Waals surface area contributed by atoms with Crippen molar-refractivity contribution in [1.29, 1.82) is 0 Å². The van der Waals surface area contributed by atoms with Gasteiger partial charge in [0.1, 0.15) is 5.75 Å². The number of nitrogens with zero attached hydrogens (tertiary/aromatic N) is 1. The summed E-state index contributed by atoms with van der Waals surface area (Å²) in [5.74, 6) is -0.913. The van der Waals surface area contributed by atoms with Crippen LogP contribution in [0.25, 0.3) is 0 Å². The number of carbonyl (C=O) groups excluding carboxylic acids is 1. The molecular formula is C14H20N2O4. The maximum Gasteiger partial charge on any atom is 0.307 e. The highest BCUT2D eigenvalue weighted by Gasteiger charge is 2.15. The number of hydrogen-bond acceptors (Lipinski definition) is 4. The number of carbonyl (C=O) groups is 2. The topological polar surface area (TPSA) is 78.9 Å². The largest absolute Gasteiger partial charge is 0.497 e. The van der Waals surface area contributed by atoms with Gasteiger partial charge in [-0.25, -0.2) is 0 Å². The van der Waals surface area contributed by atoms with Crippen molar-refractivity contribution >= 4 is 17.6 Å². The van der Waals surface area contributed by atoms with Gasteiger partial charge in [0.2, 0.25) is 5.91 Å². The van der Waals surface area contributed by atoms with Crippen LogP contribution in [0, 0.1) is 5.92 Å². The van der Waals surface area contributed by atoms with E-state index < -0.39 is 11.9 Å². The summed E-state index contributed by atoms with van der Waals surface area (Å²) in [5.41, 5.74) is 0.647. The van der Waals surface area contributed by atoms with Crippen LogP contribution in [0.1, 0.15) is 6.92 Å². The molecule has 2 N–H and O–H groups in total. The van der Waals surface area contributed by atoms with Crippen molar-refractivity contribution in [2.75, 3.05) is 32.6 Å². The van der Waals surface area contributed by atoms with E-state index in [2.05, 4.69) is 5.32 Å². The molecule has 0 aliphatic heterocycles. The molecule has 0 radical (unpaired) electrons. The Morgan fingerprint density at radius 1 is 1.45 bits per heavy atom. The van der Waals surface area contributed by atoms with Crippen LogP contribution in [0.4, 0.5) is 5.69 Å². The number of carboxylic acid groups (broad SMARTS) is 1. The molecule has 0 spiro atoms. The van der Waals surface area contributed by atoms with E-state index in [1.54, 1.807) is 50.2 Å². The Morgan fingerprint density at radius 2 is 2.15 bits per heavy atom. The number of rotatable bonds is 7. The molecule has 1 rings (SSSR count). The lowest BCUT2D eigenvalue weighted by atomic mass is 10.2. The SMILES string of the molecule is COc1cccc(NC(=O)CN(C)CC(C)C(=O)O)c1. The maximum absolute atomic E-state index is 11.8. The molecule has 1 amide bonds. The molecule has 0 saturated heterocycles. The Labute approximate surface area is 118 Å². The lowest BCUT2D eigenvalue weighted by molar-refractivity contribution is -0.141. The summed E-state index contributed by atoms with van der Waals surface area (Å²) in [5, 5.41) is 11.6. The van der Waals surface area contributed by atoms with Crippen LogP contribution in [0.3, 0.4) is 0 Å². The average Bonchev–Trinajstić information content (AvgIpc) is 2.38. The molecule has 0 heterocycles. The van der Waals surface area contributed by atoms with Gasteiger partial charge < -0.3 is 15.2 Å². The molecule has 1 aromatic rings. The Bertz CT molecular complexity index is 476. The Balaban J connectivity index is 2.48. The first-order valence-electron chi connectivity index (χ1n) is 6.27. The zero-order chi connectivity index (χ0) is 15.1. The van der Waals surface area contributed by atoms with E-state index in [9.17, 15) is 9.59 Å². The van der Waals surface area contributed by atoms with Gasteiger partial charge in [0.05, 0.1) is 19.6 Å². The highest BCUT2D eigenvalue weighted by atomic mass is 16.5. The quantitative estimate of drug-likeness (QED) is 0.786. The van der Waals surface area contributed by atoms with Gasteiger partial charge in [0.15, 0.2) is 0 Å². The van der Waals surface area contributed by atoms with Crippen molar-refractivity contribution in [1.82, 2.24) is 4.90 Å². The summed E-state index contributed by atoms with van der Waals surface area (Å²) >= 11 is 0. The van der Waals surface area contributed by atoms with E-state index in [1.807, 2.05) is 0 Å². The van der Waals surface area contributed by atoms with Crippen LogP contribution in [0.15, 0.2) is 24.3 Å². The molecule has 6 nitrogen and oxygen atoms in total. The van der Waals surface area contributed by atoms with Gasteiger partial charge in [-0.15, -0.1) is 0 Å². The van der Waals surface area contributed by atoms with Crippen LogP contribution in [0.2, 0.25) is 0 Å². The summed E-state index contributed by atoms with van der Waals surface area (Å²) in [7, 11) is 3.27. The number of benzene rings is 1. The molecule has 0 fully saturated rings. The third-order valence-corrected chi connectivity index (χ3v) is 2.77. The maximum atomic E-state index is 11.8. The number of hydrogen-bond donors (Lipinski definition) is 2. The fourth-order valence-electron chi connectivity index (χ4n) is 1.76. The van der Waals surface area contributed by atoms with Crippen molar-refractivity contribution in [3.63, 3.8) is 0 Å². The van der Waals surface area contributed by atoms with Gasteiger partial charge in [-0.2, -0.15) is 0 Å². The summed E-state index contributed by atoms with van der Waals surface area (Å²) in [6, 6.07) is 7.05. The molecule has 1 aromatic carbocycles. The van der Waals surface area contributed by atoms with Gasteiger partial charge >= 0.3 is 5.97 Å². The first-order valence-corrected chi connectivity index (χ1v) is 6.27. The van der Waals surface area contributed by atoms with Crippen LogP contribution in [-0.2, 0) is 9.59 Å². The van der Waals surface area contributed by atoms with Crippen molar-refractivity contribution in [3.8, 4) is 5.75 Å². The lowest BCUT2D eigenvalue weighted by Gasteiger charge is -2.18. The van der Waals surface area contributed by atoms with Crippen LogP contribution in [-0.4, -0.2) is 49.1 Å². The first kappa shape index (κ1) is 16.0. The number of aliphatic carboxylic acids is 1. The molecule has 1 atom stereocenters. The number of ether oxygens (including phenoxy) is 1. The minimum atomic E-state index is -0.870. The fourth-order valence-corrected chi connectivity index (χ4v) is 1.76. The summed E-state index contributed by atoms with van der Waals surface area (Å²) in [6.45, 7) is 2.06. The molecule has 20 heavy (non-hydrogen) atoms. The van der Waals surface area contributed by atoms with Crippen LogP contribution in [0.5, 0.6) is 5.75 Å². The molecule has 0 bridgehead atoms. The van der Waals surface area contributed by atoms with E-state index >= 15 is 0 Å². The highest BCUT2D eigenvalue weighted by Crippen LogP contribution is 2.16. The third kappa shape index (κ3) is 5.27. The zero-order valence-corrected chi connectivity index (χ0v) is 11.9. The summed E-state index contributed by atoms with van der Waals surface area (Å²) in [6.07, 6.45) is 0. The van der Waals surface area contributed by atoms with Gasteiger partial charge in [-0.05, 0) is 19.2 Å². The second-order valence-corrected chi connectivity index (χ2v) is 4.72. The molecule has 0 aromatic heterocycles. The van der Waals surface area contributed by atoms with E-state index in [4.69, 9.17) is 9.84 Å². The highest BCUT2D eigenvalue weighted by molar-refractivity contribution is 5.92. The van der Waals surface area contributed by atoms with Gasteiger partial charge in [0.25, 0.3) is 0 Å². The van der Waals surface area contributed by atoms with Crippen molar-refractivity contribution in [2.24, 2.45) is 5.92 Å². The molecule has 0 aliphatic carbocycles. The number of nitrogens with one attached hydrogen (secondary N) is 1. The Hall–Kier alpha value is -2.08. The first-order chi connectivity index (χ1) is 9.42.